The number of hydrogen-bond donors (Lipinski definition) is 1. The lowest BCUT2D eigenvalue weighted by molar-refractivity contribution is 0.101. The number of ketones is 1. The zero-order valence-corrected chi connectivity index (χ0v) is 11.3. The van der Waals surface area contributed by atoms with Gasteiger partial charge in [0.05, 0.1) is 0 Å². The van der Waals surface area contributed by atoms with Crippen molar-refractivity contribution in [1.82, 2.24) is 5.32 Å². The minimum atomic E-state index is 0.131. The molecule has 1 atom stereocenters. The molecular formula is C15H22N2O. The predicted molar refractivity (Wildman–Crippen MR) is 75.4 cm³/mol. The molecule has 1 aromatic carbocycles. The van der Waals surface area contributed by atoms with Gasteiger partial charge in [-0.2, -0.15) is 0 Å². The van der Waals surface area contributed by atoms with Gasteiger partial charge in [0.1, 0.15) is 0 Å². The summed E-state index contributed by atoms with van der Waals surface area (Å²) in [6, 6.07) is 8.55. The molecule has 0 aliphatic carbocycles. The van der Waals surface area contributed by atoms with Crippen LogP contribution in [0.5, 0.6) is 0 Å². The Bertz CT molecular complexity index is 399. The normalized spacial score (nSPS) is 21.2. The molecule has 1 unspecified atom stereocenters. The molecule has 98 valence electrons. The number of nitrogens with zero attached hydrogens (tertiary/aromatic N) is 1. The number of nitrogens with one attached hydrogen (secondary N) is 1. The molecule has 2 rings (SSSR count). The second kappa shape index (κ2) is 6.01. The van der Waals surface area contributed by atoms with Gasteiger partial charge in [-0.15, -0.1) is 0 Å². The first kappa shape index (κ1) is 13.1. The van der Waals surface area contributed by atoms with E-state index in [1.54, 1.807) is 6.92 Å². The SMILES string of the molecule is CC(=O)c1ccc(N2CCCNCCC2C)cc1. The standard InChI is InChI=1S/C15H22N2O/c1-12-8-10-16-9-3-11-17(12)15-6-4-14(5-7-15)13(2)18/h4-7,12,16H,3,8-11H2,1-2H3. The van der Waals surface area contributed by atoms with E-state index in [1.165, 1.54) is 12.1 Å². The van der Waals surface area contributed by atoms with E-state index in [4.69, 9.17) is 0 Å². The smallest absolute Gasteiger partial charge is 0.159 e. The number of carbonyl (C=O) groups is 1. The molecule has 0 aromatic heterocycles. The van der Waals surface area contributed by atoms with Gasteiger partial charge in [-0.3, -0.25) is 4.79 Å². The van der Waals surface area contributed by atoms with Gasteiger partial charge >= 0.3 is 0 Å². The summed E-state index contributed by atoms with van der Waals surface area (Å²) in [5.74, 6) is 0.131. The zero-order valence-electron chi connectivity index (χ0n) is 11.3. The number of carbonyl (C=O) groups excluding carboxylic acids is 1. The van der Waals surface area contributed by atoms with Crippen LogP contribution in [0.2, 0.25) is 0 Å². The van der Waals surface area contributed by atoms with Gasteiger partial charge in [-0.1, -0.05) is 0 Å². The lowest BCUT2D eigenvalue weighted by atomic mass is 10.1. The first-order valence-corrected chi connectivity index (χ1v) is 6.77. The highest BCUT2D eigenvalue weighted by Crippen LogP contribution is 2.20. The second-order valence-electron chi connectivity index (χ2n) is 5.04. The average Bonchev–Trinajstić information content (AvgIpc) is 2.35. The average molecular weight is 246 g/mol. The zero-order chi connectivity index (χ0) is 13.0. The molecule has 1 aliphatic rings. The Morgan fingerprint density at radius 2 is 2.00 bits per heavy atom. The molecule has 1 aromatic rings. The van der Waals surface area contributed by atoms with Crippen LogP contribution >= 0.6 is 0 Å². The Morgan fingerprint density at radius 1 is 1.28 bits per heavy atom. The molecule has 1 aliphatic heterocycles. The Hall–Kier alpha value is -1.35. The number of anilines is 1. The molecule has 1 saturated heterocycles. The van der Waals surface area contributed by atoms with Crippen molar-refractivity contribution in [2.45, 2.75) is 32.7 Å². The fourth-order valence-corrected chi connectivity index (χ4v) is 2.46. The van der Waals surface area contributed by atoms with Gasteiger partial charge in [-0.05, 0) is 64.0 Å². The number of benzene rings is 1. The molecule has 0 saturated carbocycles. The summed E-state index contributed by atoms with van der Waals surface area (Å²) in [5.41, 5.74) is 2.02. The highest BCUT2D eigenvalue weighted by Gasteiger charge is 2.16. The second-order valence-corrected chi connectivity index (χ2v) is 5.04. The van der Waals surface area contributed by atoms with Crippen molar-refractivity contribution < 1.29 is 4.79 Å². The van der Waals surface area contributed by atoms with Crippen LogP contribution in [0.15, 0.2) is 24.3 Å². The molecule has 18 heavy (non-hydrogen) atoms. The van der Waals surface area contributed by atoms with Gasteiger partial charge in [0, 0.05) is 23.8 Å². The Kier molecular flexibility index (Phi) is 4.37. The van der Waals surface area contributed by atoms with Crippen molar-refractivity contribution in [3.63, 3.8) is 0 Å². The molecule has 0 radical (unpaired) electrons. The van der Waals surface area contributed by atoms with Crippen molar-refractivity contribution in [2.24, 2.45) is 0 Å². The fourth-order valence-electron chi connectivity index (χ4n) is 2.46. The first-order chi connectivity index (χ1) is 8.68. The Labute approximate surface area is 109 Å². The van der Waals surface area contributed by atoms with Crippen LogP contribution < -0.4 is 10.2 Å². The minimum Gasteiger partial charge on any atom is -0.369 e. The highest BCUT2D eigenvalue weighted by molar-refractivity contribution is 5.94. The van der Waals surface area contributed by atoms with Gasteiger partial charge < -0.3 is 10.2 Å². The molecule has 0 spiro atoms. The lowest BCUT2D eigenvalue weighted by Gasteiger charge is -2.33. The van der Waals surface area contributed by atoms with Crippen molar-refractivity contribution in [1.29, 1.82) is 0 Å². The Balaban J connectivity index is 2.14. The minimum absolute atomic E-state index is 0.131. The van der Waals surface area contributed by atoms with Gasteiger partial charge in [0.2, 0.25) is 0 Å². The van der Waals surface area contributed by atoms with Crippen LogP contribution in [-0.2, 0) is 0 Å². The van der Waals surface area contributed by atoms with Crippen molar-refractivity contribution in [3.05, 3.63) is 29.8 Å². The van der Waals surface area contributed by atoms with Gasteiger partial charge in [0.25, 0.3) is 0 Å². The van der Waals surface area contributed by atoms with E-state index < -0.39 is 0 Å². The topological polar surface area (TPSA) is 32.3 Å². The fraction of sp³-hybridized carbons (Fsp3) is 0.533. The van der Waals surface area contributed by atoms with Gasteiger partial charge in [-0.25, -0.2) is 0 Å². The summed E-state index contributed by atoms with van der Waals surface area (Å²) in [7, 11) is 0. The van der Waals surface area contributed by atoms with E-state index in [0.717, 1.165) is 31.6 Å². The molecule has 3 nitrogen and oxygen atoms in total. The third-order valence-electron chi connectivity index (χ3n) is 3.63. The van der Waals surface area contributed by atoms with Crippen LogP contribution in [0.3, 0.4) is 0 Å². The number of rotatable bonds is 2. The maximum atomic E-state index is 11.3. The summed E-state index contributed by atoms with van der Waals surface area (Å²) >= 11 is 0. The third-order valence-corrected chi connectivity index (χ3v) is 3.63. The maximum Gasteiger partial charge on any atom is 0.159 e. The monoisotopic (exact) mass is 246 g/mol. The number of Topliss-reactive ketones (excluding diaryl/α,β-unsaturated/α-hetero) is 1. The summed E-state index contributed by atoms with van der Waals surface area (Å²) in [6.07, 6.45) is 2.33. The summed E-state index contributed by atoms with van der Waals surface area (Å²) in [5, 5.41) is 3.44. The van der Waals surface area contributed by atoms with Crippen molar-refractivity contribution >= 4 is 11.5 Å². The van der Waals surface area contributed by atoms with E-state index >= 15 is 0 Å². The van der Waals surface area contributed by atoms with E-state index in [9.17, 15) is 4.79 Å². The van der Waals surface area contributed by atoms with Crippen LogP contribution in [0, 0.1) is 0 Å². The third kappa shape index (κ3) is 3.10. The number of hydrogen-bond acceptors (Lipinski definition) is 3. The van der Waals surface area contributed by atoms with Crippen LogP contribution in [0.4, 0.5) is 5.69 Å². The molecule has 0 amide bonds. The maximum absolute atomic E-state index is 11.3. The Morgan fingerprint density at radius 3 is 2.67 bits per heavy atom. The molecular weight excluding hydrogens is 224 g/mol. The summed E-state index contributed by atoms with van der Waals surface area (Å²) in [6.45, 7) is 7.14. The largest absolute Gasteiger partial charge is 0.369 e. The summed E-state index contributed by atoms with van der Waals surface area (Å²) < 4.78 is 0. The van der Waals surface area contributed by atoms with E-state index in [0.29, 0.717) is 6.04 Å². The molecule has 1 fully saturated rings. The van der Waals surface area contributed by atoms with Crippen LogP contribution in [0.1, 0.15) is 37.0 Å². The predicted octanol–water partition coefficient (Wildman–Crippen LogP) is 2.47. The first-order valence-electron chi connectivity index (χ1n) is 6.77. The highest BCUT2D eigenvalue weighted by atomic mass is 16.1. The van der Waals surface area contributed by atoms with E-state index in [1.807, 2.05) is 12.1 Å². The van der Waals surface area contributed by atoms with Crippen molar-refractivity contribution in [3.8, 4) is 0 Å². The van der Waals surface area contributed by atoms with Gasteiger partial charge in [0.15, 0.2) is 5.78 Å². The molecule has 1 N–H and O–H groups in total. The molecule has 3 heteroatoms. The van der Waals surface area contributed by atoms with Crippen molar-refractivity contribution in [2.75, 3.05) is 24.5 Å². The quantitative estimate of drug-likeness (QED) is 0.814. The summed E-state index contributed by atoms with van der Waals surface area (Å²) in [4.78, 5) is 13.7. The lowest BCUT2D eigenvalue weighted by Crippen LogP contribution is -2.40. The van der Waals surface area contributed by atoms with Crippen LogP contribution in [-0.4, -0.2) is 31.5 Å². The van der Waals surface area contributed by atoms with Crippen LogP contribution in [0.25, 0.3) is 0 Å². The molecule has 0 bridgehead atoms. The molecule has 1 heterocycles. The van der Waals surface area contributed by atoms with E-state index in [-0.39, 0.29) is 5.78 Å². The van der Waals surface area contributed by atoms with E-state index in [2.05, 4.69) is 29.3 Å².